The van der Waals surface area contributed by atoms with Crippen molar-refractivity contribution in [2.45, 2.75) is 6.54 Å². The predicted molar refractivity (Wildman–Crippen MR) is 65.3 cm³/mol. The summed E-state index contributed by atoms with van der Waals surface area (Å²) in [6.45, 7) is 1.40. The van der Waals surface area contributed by atoms with Crippen molar-refractivity contribution in [3.05, 3.63) is 33.5 Å². The van der Waals surface area contributed by atoms with Crippen LogP contribution in [0.1, 0.15) is 15.9 Å². The summed E-state index contributed by atoms with van der Waals surface area (Å²) in [4.78, 5) is 23.1. The van der Waals surface area contributed by atoms with Gasteiger partial charge >= 0.3 is 5.97 Å². The highest BCUT2D eigenvalue weighted by Crippen LogP contribution is 2.12. The lowest BCUT2D eigenvalue weighted by Gasteiger charge is -2.08. The number of ketones is 1. The third-order valence-corrected chi connectivity index (χ3v) is 3.40. The van der Waals surface area contributed by atoms with E-state index < -0.39 is 5.97 Å². The number of nitrogens with one attached hydrogen (secondary N) is 1. The monoisotopic (exact) mass is 244 g/mol. The Morgan fingerprint density at radius 2 is 2.17 bits per heavy atom. The second-order valence-corrected chi connectivity index (χ2v) is 4.43. The fraction of sp³-hybridized carbons (Fsp3) is 0.231. The van der Waals surface area contributed by atoms with Crippen LogP contribution in [0, 0.1) is 0 Å². The van der Waals surface area contributed by atoms with Gasteiger partial charge in [0.2, 0.25) is 0 Å². The Kier molecular flexibility index (Phi) is 2.24. The highest BCUT2D eigenvalue weighted by atomic mass is 16.4. The molecule has 2 N–H and O–H groups in total. The summed E-state index contributed by atoms with van der Waals surface area (Å²) >= 11 is 0. The van der Waals surface area contributed by atoms with Crippen molar-refractivity contribution in [3.8, 4) is 0 Å². The summed E-state index contributed by atoms with van der Waals surface area (Å²) in [6.07, 6.45) is 4.77. The van der Waals surface area contributed by atoms with Crippen LogP contribution in [0.3, 0.4) is 0 Å². The molecule has 0 unspecified atom stereocenters. The molecule has 2 heterocycles. The Morgan fingerprint density at radius 1 is 1.39 bits per heavy atom. The minimum absolute atomic E-state index is 0.0402. The van der Waals surface area contributed by atoms with Crippen LogP contribution in [0.4, 0.5) is 0 Å². The molecule has 1 aliphatic carbocycles. The molecule has 0 radical (unpaired) electrons. The van der Waals surface area contributed by atoms with Gasteiger partial charge in [0, 0.05) is 37.1 Å². The number of carbonyl (C=O) groups is 2. The molecule has 0 amide bonds. The van der Waals surface area contributed by atoms with E-state index in [9.17, 15) is 9.59 Å². The van der Waals surface area contributed by atoms with Crippen molar-refractivity contribution in [1.82, 2.24) is 9.88 Å². The van der Waals surface area contributed by atoms with Gasteiger partial charge in [0.05, 0.1) is 16.5 Å². The van der Waals surface area contributed by atoms with Gasteiger partial charge in [0.1, 0.15) is 0 Å². The summed E-state index contributed by atoms with van der Waals surface area (Å²) in [5.74, 6) is -1.30. The molecule has 0 fully saturated rings. The lowest BCUT2D eigenvalue weighted by atomic mass is 9.99. The van der Waals surface area contributed by atoms with Gasteiger partial charge in [-0.3, -0.25) is 4.79 Å². The van der Waals surface area contributed by atoms with Crippen molar-refractivity contribution >= 4 is 23.9 Å². The number of rotatable bonds is 1. The molecular formula is C13H12N2O3. The van der Waals surface area contributed by atoms with Crippen LogP contribution in [0.25, 0.3) is 12.2 Å². The molecular weight excluding hydrogens is 232 g/mol. The predicted octanol–water partition coefficient (Wildman–Crippen LogP) is -1.10. The first-order valence-corrected chi connectivity index (χ1v) is 5.69. The van der Waals surface area contributed by atoms with E-state index in [1.54, 1.807) is 6.08 Å². The second kappa shape index (κ2) is 3.68. The van der Waals surface area contributed by atoms with Crippen LogP contribution >= 0.6 is 0 Å². The zero-order valence-corrected chi connectivity index (χ0v) is 9.86. The van der Waals surface area contributed by atoms with E-state index in [0.717, 1.165) is 17.5 Å². The Hall–Kier alpha value is -2.14. The van der Waals surface area contributed by atoms with Crippen molar-refractivity contribution in [3.63, 3.8) is 0 Å². The standard InChI is InChI=1S/C13H12N2O3/c1-15-9-2-3-14-6-8(9)12-10(15)4-7(13(17)18)5-11(12)16/h2,4-5,14H,3,6H2,1H3,(H,17,18). The van der Waals surface area contributed by atoms with E-state index in [4.69, 9.17) is 5.11 Å². The summed E-state index contributed by atoms with van der Waals surface area (Å²) in [5.41, 5.74) is 1.63. The minimum atomic E-state index is -1.07. The highest BCUT2D eigenvalue weighted by Gasteiger charge is 2.24. The molecule has 0 bridgehead atoms. The molecule has 1 aromatic rings. The lowest BCUT2D eigenvalue weighted by molar-refractivity contribution is -0.132. The number of fused-ring (bicyclic) bond motifs is 3. The maximum Gasteiger partial charge on any atom is 0.335 e. The number of carboxylic acid groups (broad SMARTS) is 1. The number of carboxylic acids is 1. The van der Waals surface area contributed by atoms with Gasteiger partial charge in [-0.15, -0.1) is 0 Å². The zero-order chi connectivity index (χ0) is 12.9. The van der Waals surface area contributed by atoms with Crippen LogP contribution < -0.4 is 16.0 Å². The van der Waals surface area contributed by atoms with Crippen molar-refractivity contribution in [2.75, 3.05) is 6.54 Å². The van der Waals surface area contributed by atoms with E-state index in [1.807, 2.05) is 17.7 Å². The molecule has 0 atom stereocenters. The average Bonchev–Trinajstić information content (AvgIpc) is 2.64. The third kappa shape index (κ3) is 1.37. The normalized spacial score (nSPS) is 17.2. The zero-order valence-electron chi connectivity index (χ0n) is 9.86. The fourth-order valence-electron chi connectivity index (χ4n) is 2.56. The van der Waals surface area contributed by atoms with Crippen LogP contribution in [0.5, 0.6) is 0 Å². The number of carbonyl (C=O) groups excluding carboxylic acids is 1. The maximum atomic E-state index is 12.1. The molecule has 3 rings (SSSR count). The number of aliphatic carboxylic acids is 1. The summed E-state index contributed by atoms with van der Waals surface area (Å²) in [6, 6.07) is 0. The molecule has 5 nitrogen and oxygen atoms in total. The summed E-state index contributed by atoms with van der Waals surface area (Å²) < 4.78 is 1.89. The number of hydrogen-bond acceptors (Lipinski definition) is 3. The van der Waals surface area contributed by atoms with Crippen molar-refractivity contribution in [1.29, 1.82) is 0 Å². The van der Waals surface area contributed by atoms with Gasteiger partial charge in [-0.05, 0) is 12.2 Å². The van der Waals surface area contributed by atoms with Gasteiger partial charge in [-0.25, -0.2) is 4.79 Å². The van der Waals surface area contributed by atoms with E-state index in [2.05, 4.69) is 5.32 Å². The molecule has 2 aliphatic rings. The van der Waals surface area contributed by atoms with E-state index in [1.165, 1.54) is 6.08 Å². The van der Waals surface area contributed by atoms with E-state index in [-0.39, 0.29) is 11.4 Å². The molecule has 18 heavy (non-hydrogen) atoms. The summed E-state index contributed by atoms with van der Waals surface area (Å²) in [7, 11) is 1.86. The number of nitrogens with zero attached hydrogens (tertiary/aromatic N) is 1. The second-order valence-electron chi connectivity index (χ2n) is 4.43. The Bertz CT molecular complexity index is 722. The van der Waals surface area contributed by atoms with Gasteiger partial charge < -0.3 is 15.0 Å². The Morgan fingerprint density at radius 3 is 2.89 bits per heavy atom. The molecule has 0 aromatic carbocycles. The quantitative estimate of drug-likeness (QED) is 0.657. The van der Waals surface area contributed by atoms with Gasteiger partial charge in [0.25, 0.3) is 0 Å². The van der Waals surface area contributed by atoms with E-state index >= 15 is 0 Å². The molecule has 0 saturated carbocycles. The van der Waals surface area contributed by atoms with Gasteiger partial charge in [0.15, 0.2) is 5.78 Å². The highest BCUT2D eigenvalue weighted by molar-refractivity contribution is 6.14. The first-order valence-electron chi connectivity index (χ1n) is 5.69. The lowest BCUT2D eigenvalue weighted by Crippen LogP contribution is -2.31. The first-order chi connectivity index (χ1) is 8.59. The smallest absolute Gasteiger partial charge is 0.335 e. The largest absolute Gasteiger partial charge is 0.478 e. The SMILES string of the molecule is Cn1c2c(c3c1=CC(C(=O)O)=CC3=O)CNCC=2. The molecule has 92 valence electrons. The Balaban J connectivity index is 2.38. The maximum absolute atomic E-state index is 12.1. The number of hydrogen-bond donors (Lipinski definition) is 2. The van der Waals surface area contributed by atoms with Crippen LogP contribution in [0.2, 0.25) is 0 Å². The molecule has 1 aromatic heterocycles. The third-order valence-electron chi connectivity index (χ3n) is 3.40. The fourth-order valence-corrected chi connectivity index (χ4v) is 2.56. The molecule has 0 saturated heterocycles. The van der Waals surface area contributed by atoms with Gasteiger partial charge in [-0.1, -0.05) is 0 Å². The molecule has 0 spiro atoms. The van der Waals surface area contributed by atoms with Gasteiger partial charge in [-0.2, -0.15) is 0 Å². The Labute approximate surface area is 103 Å². The number of allylic oxidation sites excluding steroid dienone is 1. The number of aromatic nitrogens is 1. The average molecular weight is 244 g/mol. The van der Waals surface area contributed by atoms with Crippen molar-refractivity contribution < 1.29 is 14.7 Å². The minimum Gasteiger partial charge on any atom is -0.478 e. The topological polar surface area (TPSA) is 71.3 Å². The summed E-state index contributed by atoms with van der Waals surface area (Å²) in [5, 5.41) is 13.9. The van der Waals surface area contributed by atoms with Crippen LogP contribution in [-0.4, -0.2) is 28.0 Å². The molecule has 1 aliphatic heterocycles. The van der Waals surface area contributed by atoms with Crippen LogP contribution in [-0.2, 0) is 18.4 Å². The molecule has 5 heteroatoms. The van der Waals surface area contributed by atoms with Crippen LogP contribution in [0.15, 0.2) is 11.6 Å². The van der Waals surface area contributed by atoms with Crippen molar-refractivity contribution in [2.24, 2.45) is 7.05 Å². The van der Waals surface area contributed by atoms with E-state index in [0.29, 0.717) is 17.5 Å². The first kappa shape index (κ1) is 11.0.